The molecular formula is C14H21N3O2. The van der Waals surface area contributed by atoms with E-state index in [0.29, 0.717) is 6.54 Å². The first-order chi connectivity index (χ1) is 8.90. The van der Waals surface area contributed by atoms with Crippen LogP contribution in [0, 0.1) is 0 Å². The van der Waals surface area contributed by atoms with Crippen LogP contribution in [0.2, 0.25) is 0 Å². The third-order valence-corrected chi connectivity index (χ3v) is 3.18. The molecule has 1 aliphatic rings. The molecule has 1 heterocycles. The fraction of sp³-hybridized carbons (Fsp3) is 0.643. The number of hydrogen-bond donors (Lipinski definition) is 0. The van der Waals surface area contributed by atoms with Gasteiger partial charge in [0.1, 0.15) is 11.9 Å². The molecular weight excluding hydrogens is 242 g/mol. The van der Waals surface area contributed by atoms with Gasteiger partial charge in [-0.25, -0.2) is 14.8 Å². The molecule has 1 unspecified atom stereocenters. The van der Waals surface area contributed by atoms with Gasteiger partial charge in [-0.15, -0.1) is 0 Å². The lowest BCUT2D eigenvalue weighted by atomic mass is 10.2. The molecule has 1 amide bonds. The van der Waals surface area contributed by atoms with Crippen LogP contribution in [0.3, 0.4) is 0 Å². The summed E-state index contributed by atoms with van der Waals surface area (Å²) in [6, 6.07) is 0.131. The van der Waals surface area contributed by atoms with Gasteiger partial charge in [-0.2, -0.15) is 0 Å². The Morgan fingerprint density at radius 2 is 2.21 bits per heavy atom. The Labute approximate surface area is 114 Å². The van der Waals surface area contributed by atoms with Crippen molar-refractivity contribution in [3.8, 4) is 0 Å². The van der Waals surface area contributed by atoms with Crippen molar-refractivity contribution in [1.29, 1.82) is 0 Å². The molecule has 5 heteroatoms. The van der Waals surface area contributed by atoms with Gasteiger partial charge in [0, 0.05) is 30.9 Å². The number of ether oxygens (including phenoxy) is 1. The maximum Gasteiger partial charge on any atom is 0.410 e. The number of carbonyl (C=O) groups excluding carboxylic acids is 1. The maximum atomic E-state index is 12.2. The zero-order valence-corrected chi connectivity index (χ0v) is 12.0. The molecule has 19 heavy (non-hydrogen) atoms. The minimum atomic E-state index is -0.463. The van der Waals surface area contributed by atoms with Gasteiger partial charge in [-0.3, -0.25) is 0 Å². The highest BCUT2D eigenvalue weighted by Gasteiger charge is 2.32. The largest absolute Gasteiger partial charge is 0.444 e. The summed E-state index contributed by atoms with van der Waals surface area (Å²) in [5, 5.41) is 0. The number of fused-ring (bicyclic) bond motifs is 1. The van der Waals surface area contributed by atoms with Crippen LogP contribution in [-0.2, 0) is 17.6 Å². The molecule has 104 valence electrons. The van der Waals surface area contributed by atoms with Crippen LogP contribution in [-0.4, -0.2) is 39.1 Å². The third-order valence-electron chi connectivity index (χ3n) is 3.18. The molecule has 0 radical (unpaired) electrons. The molecule has 5 nitrogen and oxygen atoms in total. The average molecular weight is 263 g/mol. The second-order valence-corrected chi connectivity index (χ2v) is 5.82. The maximum absolute atomic E-state index is 12.2. The number of nitrogens with zero attached hydrogens (tertiary/aromatic N) is 3. The second-order valence-electron chi connectivity index (χ2n) is 5.82. The van der Waals surface area contributed by atoms with Gasteiger partial charge in [0.15, 0.2) is 0 Å². The fourth-order valence-corrected chi connectivity index (χ4v) is 2.36. The highest BCUT2D eigenvalue weighted by atomic mass is 16.6. The molecule has 0 aliphatic heterocycles. The summed E-state index contributed by atoms with van der Waals surface area (Å²) >= 11 is 0. The number of amides is 1. The van der Waals surface area contributed by atoms with Gasteiger partial charge in [0.05, 0.1) is 0 Å². The Hall–Kier alpha value is -1.65. The van der Waals surface area contributed by atoms with Crippen LogP contribution in [0.4, 0.5) is 4.79 Å². The molecule has 0 bridgehead atoms. The first-order valence-corrected chi connectivity index (χ1v) is 6.68. The van der Waals surface area contributed by atoms with Crippen molar-refractivity contribution in [2.24, 2.45) is 0 Å². The molecule has 0 aromatic carbocycles. The molecule has 1 aromatic rings. The Bertz CT molecular complexity index is 443. The van der Waals surface area contributed by atoms with Crippen LogP contribution in [0.1, 0.15) is 39.0 Å². The van der Waals surface area contributed by atoms with Crippen LogP contribution in [0.25, 0.3) is 0 Å². The van der Waals surface area contributed by atoms with Gasteiger partial charge in [-0.1, -0.05) is 0 Å². The summed E-state index contributed by atoms with van der Waals surface area (Å²) in [5.41, 5.74) is 1.71. The molecule has 1 aromatic heterocycles. The number of carbonyl (C=O) groups is 1. The van der Waals surface area contributed by atoms with E-state index in [1.54, 1.807) is 11.2 Å². The third kappa shape index (κ3) is 3.22. The van der Waals surface area contributed by atoms with Crippen molar-refractivity contribution in [2.75, 3.05) is 6.54 Å². The van der Waals surface area contributed by atoms with Crippen LogP contribution in [0.5, 0.6) is 0 Å². The zero-order chi connectivity index (χ0) is 14.0. The molecule has 1 aliphatic carbocycles. The summed E-state index contributed by atoms with van der Waals surface area (Å²) in [4.78, 5) is 22.3. The standard InChI is InChI=1S/C14H21N3O2/c1-5-17(13(18)19-14(2,3)4)11-6-10-8-15-9-16-12(10)7-11/h8-9,11H,5-7H2,1-4H3. The Kier molecular flexibility index (Phi) is 3.73. The molecule has 0 spiro atoms. The number of aromatic nitrogens is 2. The molecule has 0 fully saturated rings. The quantitative estimate of drug-likeness (QED) is 0.821. The highest BCUT2D eigenvalue weighted by molar-refractivity contribution is 5.68. The lowest BCUT2D eigenvalue weighted by Crippen LogP contribution is -2.43. The van der Waals surface area contributed by atoms with Crippen molar-refractivity contribution >= 4 is 6.09 Å². The van der Waals surface area contributed by atoms with Crippen molar-refractivity contribution in [3.63, 3.8) is 0 Å². The average Bonchev–Trinajstić information content (AvgIpc) is 2.70. The summed E-state index contributed by atoms with van der Waals surface area (Å²) in [6.07, 6.45) is 4.74. The van der Waals surface area contributed by atoms with E-state index in [-0.39, 0.29) is 12.1 Å². The molecule has 0 saturated heterocycles. The second kappa shape index (κ2) is 5.15. The van der Waals surface area contributed by atoms with E-state index in [1.165, 1.54) is 0 Å². The monoisotopic (exact) mass is 263 g/mol. The molecule has 0 N–H and O–H groups in total. The summed E-state index contributed by atoms with van der Waals surface area (Å²) in [5.74, 6) is 0. The van der Waals surface area contributed by atoms with E-state index in [0.717, 1.165) is 24.1 Å². The number of rotatable bonds is 2. The lowest BCUT2D eigenvalue weighted by Gasteiger charge is -2.30. The van der Waals surface area contributed by atoms with Crippen LogP contribution < -0.4 is 0 Å². The molecule has 0 saturated carbocycles. The van der Waals surface area contributed by atoms with Crippen molar-refractivity contribution in [2.45, 2.75) is 52.2 Å². The minimum Gasteiger partial charge on any atom is -0.444 e. The molecule has 2 rings (SSSR count). The van der Waals surface area contributed by atoms with E-state index in [2.05, 4.69) is 9.97 Å². The summed E-state index contributed by atoms with van der Waals surface area (Å²) in [6.45, 7) is 8.26. The van der Waals surface area contributed by atoms with E-state index >= 15 is 0 Å². The number of hydrogen-bond acceptors (Lipinski definition) is 4. The topological polar surface area (TPSA) is 55.3 Å². The number of likely N-dealkylation sites (N-methyl/N-ethyl adjacent to an activating group) is 1. The fourth-order valence-electron chi connectivity index (χ4n) is 2.36. The molecule has 1 atom stereocenters. The van der Waals surface area contributed by atoms with E-state index in [1.807, 2.05) is 33.9 Å². The first-order valence-electron chi connectivity index (χ1n) is 6.68. The van der Waals surface area contributed by atoms with Crippen molar-refractivity contribution in [1.82, 2.24) is 14.9 Å². The van der Waals surface area contributed by atoms with E-state index in [4.69, 9.17) is 4.74 Å². The van der Waals surface area contributed by atoms with Crippen LogP contribution >= 0.6 is 0 Å². The predicted molar refractivity (Wildman–Crippen MR) is 71.8 cm³/mol. The van der Waals surface area contributed by atoms with Gasteiger partial charge in [0.25, 0.3) is 0 Å². The van der Waals surface area contributed by atoms with Gasteiger partial charge in [0.2, 0.25) is 0 Å². The SMILES string of the molecule is CCN(C(=O)OC(C)(C)C)C1Cc2cncnc2C1. The first kappa shape index (κ1) is 13.8. The van der Waals surface area contributed by atoms with Gasteiger partial charge >= 0.3 is 6.09 Å². The zero-order valence-electron chi connectivity index (χ0n) is 12.0. The lowest BCUT2D eigenvalue weighted by molar-refractivity contribution is 0.0181. The highest BCUT2D eigenvalue weighted by Crippen LogP contribution is 2.24. The minimum absolute atomic E-state index is 0.131. The Balaban J connectivity index is 2.07. The smallest absolute Gasteiger partial charge is 0.410 e. The Morgan fingerprint density at radius 1 is 1.47 bits per heavy atom. The van der Waals surface area contributed by atoms with Crippen LogP contribution in [0.15, 0.2) is 12.5 Å². The van der Waals surface area contributed by atoms with E-state index < -0.39 is 5.60 Å². The van der Waals surface area contributed by atoms with Crippen molar-refractivity contribution in [3.05, 3.63) is 23.8 Å². The predicted octanol–water partition coefficient (Wildman–Crippen LogP) is 2.20. The van der Waals surface area contributed by atoms with Gasteiger partial charge < -0.3 is 9.64 Å². The summed E-state index contributed by atoms with van der Waals surface area (Å²) in [7, 11) is 0. The van der Waals surface area contributed by atoms with E-state index in [9.17, 15) is 4.79 Å². The van der Waals surface area contributed by atoms with Gasteiger partial charge in [-0.05, 0) is 39.7 Å². The normalized spacial score (nSPS) is 18.0. The van der Waals surface area contributed by atoms with Crippen molar-refractivity contribution < 1.29 is 9.53 Å². The Morgan fingerprint density at radius 3 is 2.79 bits per heavy atom. The summed E-state index contributed by atoms with van der Waals surface area (Å²) < 4.78 is 5.45.